The van der Waals surface area contributed by atoms with Crippen molar-refractivity contribution < 1.29 is 31.9 Å². The molecule has 1 heterocycles. The molecule has 1 atom stereocenters. The molecule has 0 aliphatic heterocycles. The lowest BCUT2D eigenvalue weighted by molar-refractivity contribution is 0.0503. The van der Waals surface area contributed by atoms with Crippen LogP contribution in [0.25, 0.3) is 0 Å². The lowest BCUT2D eigenvalue weighted by atomic mass is 10.2. The van der Waals surface area contributed by atoms with Crippen LogP contribution in [0, 0.1) is 5.82 Å². The molecule has 154 valence electrons. The van der Waals surface area contributed by atoms with Gasteiger partial charge in [-0.15, -0.1) is 0 Å². The number of ether oxygens (including phenoxy) is 2. The number of alkyl carbamates (subject to hydrolysis) is 1. The van der Waals surface area contributed by atoms with Crippen LogP contribution >= 0.6 is 0 Å². The third kappa shape index (κ3) is 6.51. The van der Waals surface area contributed by atoms with Crippen LogP contribution in [0.1, 0.15) is 45.1 Å². The molecule has 11 heteroatoms. The van der Waals surface area contributed by atoms with E-state index in [-0.39, 0.29) is 13.2 Å². The highest BCUT2D eigenvalue weighted by Gasteiger charge is 2.30. The lowest BCUT2D eigenvalue weighted by Crippen LogP contribution is -2.43. The summed E-state index contributed by atoms with van der Waals surface area (Å²) in [6.45, 7) is 8.07. The van der Waals surface area contributed by atoms with E-state index < -0.39 is 50.1 Å². The number of nitrogens with one attached hydrogen (secondary N) is 2. The van der Waals surface area contributed by atoms with Crippen LogP contribution in [-0.4, -0.2) is 49.8 Å². The number of nitrogens with zero attached hydrogens (tertiary/aromatic N) is 1. The molecule has 0 saturated heterocycles. The molecular formula is C16H26FN3O6S. The maximum absolute atomic E-state index is 14.5. The zero-order valence-corrected chi connectivity index (χ0v) is 17.1. The maximum atomic E-state index is 14.5. The fourth-order valence-corrected chi connectivity index (χ4v) is 3.48. The lowest BCUT2D eigenvalue weighted by Gasteiger charge is -2.21. The van der Waals surface area contributed by atoms with E-state index in [0.29, 0.717) is 0 Å². The Morgan fingerprint density at radius 1 is 1.33 bits per heavy atom. The summed E-state index contributed by atoms with van der Waals surface area (Å²) in [4.78, 5) is 22.7. The number of carbonyl (C=O) groups excluding carboxylic acids is 2. The van der Waals surface area contributed by atoms with Gasteiger partial charge in [-0.05, 0) is 34.6 Å². The minimum Gasteiger partial charge on any atom is -0.461 e. The number of rotatable bonds is 7. The van der Waals surface area contributed by atoms with Gasteiger partial charge in [0.25, 0.3) is 0 Å². The van der Waals surface area contributed by atoms with Crippen LogP contribution in [0.4, 0.5) is 9.18 Å². The van der Waals surface area contributed by atoms with Crippen LogP contribution in [0.2, 0.25) is 0 Å². The van der Waals surface area contributed by atoms with Crippen molar-refractivity contribution in [2.75, 3.05) is 13.2 Å². The third-order valence-corrected chi connectivity index (χ3v) is 4.73. The summed E-state index contributed by atoms with van der Waals surface area (Å²) in [5.41, 5.74) is -1.18. The molecule has 9 nitrogen and oxygen atoms in total. The summed E-state index contributed by atoms with van der Waals surface area (Å²) in [6.07, 6.45) is 0.279. The molecule has 0 aromatic carbocycles. The number of carbonyl (C=O) groups is 2. The zero-order chi connectivity index (χ0) is 21.0. The minimum atomic E-state index is -4.27. The van der Waals surface area contributed by atoms with Crippen LogP contribution in [0.3, 0.4) is 0 Å². The Balaban J connectivity index is 2.85. The van der Waals surface area contributed by atoms with E-state index in [9.17, 15) is 22.4 Å². The van der Waals surface area contributed by atoms with Gasteiger partial charge >= 0.3 is 12.1 Å². The standard InChI is InChI=1S/C16H26FN3O6S/c1-7-25-14(21)13-12(17)11(9-20(13)6)27(23,24)19-10(2)8-18-15(22)26-16(3,4)5/h9-10,19H,7-8H2,1-6H3,(H,18,22). The summed E-state index contributed by atoms with van der Waals surface area (Å²) >= 11 is 0. The fraction of sp³-hybridized carbons (Fsp3) is 0.625. The number of sulfonamides is 1. The van der Waals surface area contributed by atoms with Crippen LogP contribution < -0.4 is 10.0 Å². The summed E-state index contributed by atoms with van der Waals surface area (Å²) in [7, 11) is -2.93. The third-order valence-electron chi connectivity index (χ3n) is 3.15. The van der Waals surface area contributed by atoms with Gasteiger partial charge < -0.3 is 19.4 Å². The largest absolute Gasteiger partial charge is 0.461 e. The molecule has 1 aromatic heterocycles. The monoisotopic (exact) mass is 407 g/mol. The van der Waals surface area contributed by atoms with Crippen molar-refractivity contribution in [2.24, 2.45) is 7.05 Å². The van der Waals surface area contributed by atoms with Gasteiger partial charge in [0.2, 0.25) is 10.0 Å². The molecule has 1 rings (SSSR count). The smallest absolute Gasteiger partial charge is 0.407 e. The summed E-state index contributed by atoms with van der Waals surface area (Å²) < 4.78 is 52.4. The molecule has 0 spiro atoms. The molecule has 1 aromatic rings. The zero-order valence-electron chi connectivity index (χ0n) is 16.3. The van der Waals surface area contributed by atoms with Gasteiger partial charge in [0.15, 0.2) is 11.5 Å². The van der Waals surface area contributed by atoms with Crippen molar-refractivity contribution in [2.45, 2.75) is 51.2 Å². The maximum Gasteiger partial charge on any atom is 0.407 e. The van der Waals surface area contributed by atoms with Gasteiger partial charge in [0.1, 0.15) is 10.5 Å². The first-order chi connectivity index (χ1) is 12.3. The van der Waals surface area contributed by atoms with Gasteiger partial charge in [-0.25, -0.2) is 27.1 Å². The predicted octanol–water partition coefficient (Wildman–Crippen LogP) is 1.53. The van der Waals surface area contributed by atoms with Crippen LogP contribution in [0.15, 0.2) is 11.1 Å². The first-order valence-corrected chi connectivity index (χ1v) is 9.78. The van der Waals surface area contributed by atoms with Crippen molar-refractivity contribution in [3.63, 3.8) is 0 Å². The Morgan fingerprint density at radius 2 is 1.93 bits per heavy atom. The van der Waals surface area contributed by atoms with E-state index in [0.717, 1.165) is 10.8 Å². The number of halogens is 1. The van der Waals surface area contributed by atoms with Crippen molar-refractivity contribution in [3.8, 4) is 0 Å². The number of hydrogen-bond acceptors (Lipinski definition) is 6. The quantitative estimate of drug-likeness (QED) is 0.663. The fourth-order valence-electron chi connectivity index (χ4n) is 2.11. The molecule has 1 unspecified atom stereocenters. The first-order valence-electron chi connectivity index (χ1n) is 8.29. The Kier molecular flexibility index (Phi) is 7.38. The molecule has 0 bridgehead atoms. The summed E-state index contributed by atoms with van der Waals surface area (Å²) in [5, 5.41) is 2.42. The summed E-state index contributed by atoms with van der Waals surface area (Å²) in [5.74, 6) is -2.16. The van der Waals surface area contributed by atoms with Gasteiger partial charge in [-0.1, -0.05) is 0 Å². The molecular weight excluding hydrogens is 381 g/mol. The SMILES string of the molecule is CCOC(=O)c1c(F)c(S(=O)(=O)NC(C)CNC(=O)OC(C)(C)C)cn1C. The van der Waals surface area contributed by atoms with Crippen molar-refractivity contribution >= 4 is 22.1 Å². The van der Waals surface area contributed by atoms with Gasteiger partial charge in [-0.2, -0.15) is 0 Å². The second kappa shape index (κ2) is 8.70. The topological polar surface area (TPSA) is 116 Å². The molecule has 0 aliphatic rings. The van der Waals surface area contributed by atoms with E-state index in [1.807, 2.05) is 0 Å². The van der Waals surface area contributed by atoms with E-state index in [2.05, 4.69) is 10.0 Å². The highest BCUT2D eigenvalue weighted by molar-refractivity contribution is 7.89. The summed E-state index contributed by atoms with van der Waals surface area (Å²) in [6, 6.07) is -0.756. The van der Waals surface area contributed by atoms with Crippen molar-refractivity contribution in [1.29, 1.82) is 0 Å². The molecule has 2 N–H and O–H groups in total. The number of aryl methyl sites for hydroxylation is 1. The average Bonchev–Trinajstić information content (AvgIpc) is 2.79. The van der Waals surface area contributed by atoms with Gasteiger partial charge in [0, 0.05) is 25.8 Å². The first kappa shape index (κ1) is 22.9. The van der Waals surface area contributed by atoms with E-state index >= 15 is 0 Å². The van der Waals surface area contributed by atoms with Gasteiger partial charge in [0.05, 0.1) is 6.61 Å². The molecule has 1 amide bonds. The number of amides is 1. The predicted molar refractivity (Wildman–Crippen MR) is 95.3 cm³/mol. The number of hydrogen-bond donors (Lipinski definition) is 2. The Bertz CT molecular complexity index is 798. The average molecular weight is 407 g/mol. The minimum absolute atomic E-state index is 0.0250. The molecule has 0 fully saturated rings. The second-order valence-electron chi connectivity index (χ2n) is 6.89. The number of aromatic nitrogens is 1. The Morgan fingerprint density at radius 3 is 2.44 bits per heavy atom. The highest BCUT2D eigenvalue weighted by atomic mass is 32.2. The van der Waals surface area contributed by atoms with E-state index in [1.54, 1.807) is 27.7 Å². The van der Waals surface area contributed by atoms with Crippen LogP contribution in [-0.2, 0) is 26.5 Å². The Labute approximate surface area is 158 Å². The van der Waals surface area contributed by atoms with E-state index in [1.165, 1.54) is 14.0 Å². The molecule has 0 saturated carbocycles. The Hall–Kier alpha value is -2.14. The normalized spacial score (nSPS) is 13.1. The van der Waals surface area contributed by atoms with Gasteiger partial charge in [-0.3, -0.25) is 0 Å². The molecule has 27 heavy (non-hydrogen) atoms. The highest BCUT2D eigenvalue weighted by Crippen LogP contribution is 2.21. The molecule has 0 radical (unpaired) electrons. The van der Waals surface area contributed by atoms with Crippen LogP contribution in [0.5, 0.6) is 0 Å². The number of esters is 1. The molecule has 0 aliphatic carbocycles. The second-order valence-corrected chi connectivity index (χ2v) is 8.57. The van der Waals surface area contributed by atoms with Crippen molar-refractivity contribution in [3.05, 3.63) is 17.7 Å². The van der Waals surface area contributed by atoms with E-state index in [4.69, 9.17) is 9.47 Å². The van der Waals surface area contributed by atoms with Crippen molar-refractivity contribution in [1.82, 2.24) is 14.6 Å².